The number of amides is 1. The molecule has 0 unspecified atom stereocenters. The molecule has 0 bridgehead atoms. The summed E-state index contributed by atoms with van der Waals surface area (Å²) in [5.74, 6) is 0.100. The minimum atomic E-state index is 0.0240. The smallest absolute Gasteiger partial charge is 0.219 e. The van der Waals surface area contributed by atoms with Gasteiger partial charge >= 0.3 is 0 Å². The molecule has 0 aliphatic carbocycles. The number of hydrogen-bond donors (Lipinski definition) is 1. The summed E-state index contributed by atoms with van der Waals surface area (Å²) in [6.45, 7) is 4.31. The van der Waals surface area contributed by atoms with E-state index in [1.807, 2.05) is 19.2 Å². The molecule has 0 spiro atoms. The Balaban J connectivity index is 2.23. The molecule has 1 aliphatic rings. The topological polar surface area (TPSA) is 32.3 Å². The van der Waals surface area contributed by atoms with E-state index in [9.17, 15) is 4.79 Å². The maximum Gasteiger partial charge on any atom is 0.219 e. The standard InChI is InChI=1S/C16H22Cl2N2O/c1-12(21)20(2)9-7-16(6-3-8-19-11-16)13-4-5-14(17)15(18)10-13/h4-5,10,19H,3,6-9,11H2,1-2H3/t16-/m1/s1. The molecular formula is C16H22Cl2N2O. The summed E-state index contributed by atoms with van der Waals surface area (Å²) in [5, 5.41) is 4.66. The lowest BCUT2D eigenvalue weighted by Crippen LogP contribution is -2.45. The fourth-order valence-corrected chi connectivity index (χ4v) is 3.24. The van der Waals surface area contributed by atoms with Crippen molar-refractivity contribution in [3.63, 3.8) is 0 Å². The van der Waals surface area contributed by atoms with Crippen LogP contribution in [0.5, 0.6) is 0 Å². The zero-order valence-electron chi connectivity index (χ0n) is 12.6. The highest BCUT2D eigenvalue weighted by Gasteiger charge is 2.34. The van der Waals surface area contributed by atoms with Crippen LogP contribution in [-0.2, 0) is 10.2 Å². The van der Waals surface area contributed by atoms with E-state index < -0.39 is 0 Å². The molecule has 1 aliphatic heterocycles. The summed E-state index contributed by atoms with van der Waals surface area (Å²) in [6, 6.07) is 5.91. The average molecular weight is 329 g/mol. The molecule has 1 atom stereocenters. The second-order valence-electron chi connectivity index (χ2n) is 5.88. The monoisotopic (exact) mass is 328 g/mol. The molecule has 116 valence electrons. The van der Waals surface area contributed by atoms with E-state index in [-0.39, 0.29) is 11.3 Å². The number of benzene rings is 1. The lowest BCUT2D eigenvalue weighted by Gasteiger charge is -2.39. The number of piperidine rings is 1. The molecule has 1 N–H and O–H groups in total. The molecular weight excluding hydrogens is 307 g/mol. The third kappa shape index (κ3) is 3.91. The first-order valence-corrected chi connectivity index (χ1v) is 8.08. The van der Waals surface area contributed by atoms with Crippen molar-refractivity contribution in [1.29, 1.82) is 0 Å². The Bertz CT molecular complexity index is 513. The zero-order valence-corrected chi connectivity index (χ0v) is 14.1. The van der Waals surface area contributed by atoms with Crippen LogP contribution < -0.4 is 5.32 Å². The highest BCUT2D eigenvalue weighted by Crippen LogP contribution is 2.37. The Morgan fingerprint density at radius 2 is 2.14 bits per heavy atom. The van der Waals surface area contributed by atoms with Gasteiger partial charge < -0.3 is 10.2 Å². The molecule has 1 heterocycles. The van der Waals surface area contributed by atoms with E-state index in [4.69, 9.17) is 23.2 Å². The summed E-state index contributed by atoms with van der Waals surface area (Å²) in [6.07, 6.45) is 3.15. The van der Waals surface area contributed by atoms with Gasteiger partial charge in [-0.05, 0) is 43.5 Å². The summed E-state index contributed by atoms with van der Waals surface area (Å²) in [7, 11) is 1.85. The number of halogens is 2. The first-order chi connectivity index (χ1) is 9.94. The molecule has 3 nitrogen and oxygen atoms in total. The molecule has 1 amide bonds. The van der Waals surface area contributed by atoms with Gasteiger partial charge in [-0.2, -0.15) is 0 Å². The van der Waals surface area contributed by atoms with Gasteiger partial charge in [-0.1, -0.05) is 29.3 Å². The first kappa shape index (κ1) is 16.6. The maximum absolute atomic E-state index is 11.4. The summed E-state index contributed by atoms with van der Waals surface area (Å²) in [5.41, 5.74) is 1.23. The van der Waals surface area contributed by atoms with Gasteiger partial charge in [0.25, 0.3) is 0 Å². The Labute approximate surface area is 136 Å². The van der Waals surface area contributed by atoms with Crippen LogP contribution in [0.3, 0.4) is 0 Å². The number of carbonyl (C=O) groups is 1. The van der Waals surface area contributed by atoms with Crippen molar-refractivity contribution in [2.75, 3.05) is 26.7 Å². The van der Waals surface area contributed by atoms with Gasteiger partial charge in [0.1, 0.15) is 0 Å². The highest BCUT2D eigenvalue weighted by atomic mass is 35.5. The van der Waals surface area contributed by atoms with Crippen molar-refractivity contribution in [2.24, 2.45) is 0 Å². The third-order valence-electron chi connectivity index (χ3n) is 4.47. The predicted octanol–water partition coefficient (Wildman–Crippen LogP) is 3.48. The number of carbonyl (C=O) groups excluding carboxylic acids is 1. The van der Waals surface area contributed by atoms with Crippen LogP contribution in [0.4, 0.5) is 0 Å². The van der Waals surface area contributed by atoms with E-state index in [0.717, 1.165) is 38.9 Å². The largest absolute Gasteiger partial charge is 0.346 e. The van der Waals surface area contributed by atoms with Crippen LogP contribution in [0.1, 0.15) is 31.7 Å². The Morgan fingerprint density at radius 1 is 1.38 bits per heavy atom. The molecule has 0 saturated carbocycles. The van der Waals surface area contributed by atoms with Gasteiger partial charge in [-0.3, -0.25) is 4.79 Å². The van der Waals surface area contributed by atoms with Crippen LogP contribution in [0.25, 0.3) is 0 Å². The number of nitrogens with one attached hydrogen (secondary N) is 1. The van der Waals surface area contributed by atoms with Gasteiger partial charge in [0.05, 0.1) is 10.0 Å². The molecule has 21 heavy (non-hydrogen) atoms. The Hall–Kier alpha value is -0.770. The van der Waals surface area contributed by atoms with Gasteiger partial charge in [0.2, 0.25) is 5.91 Å². The van der Waals surface area contributed by atoms with Gasteiger partial charge in [0.15, 0.2) is 0 Å². The fourth-order valence-electron chi connectivity index (χ4n) is 2.94. The number of rotatable bonds is 4. The average Bonchev–Trinajstić information content (AvgIpc) is 2.48. The van der Waals surface area contributed by atoms with Crippen molar-refractivity contribution in [2.45, 2.75) is 31.6 Å². The van der Waals surface area contributed by atoms with Crippen molar-refractivity contribution < 1.29 is 4.79 Å². The van der Waals surface area contributed by atoms with Crippen molar-refractivity contribution in [3.8, 4) is 0 Å². The summed E-state index contributed by atoms with van der Waals surface area (Å²) in [4.78, 5) is 13.2. The van der Waals surface area contributed by atoms with E-state index in [1.165, 1.54) is 5.56 Å². The van der Waals surface area contributed by atoms with Gasteiger partial charge in [-0.25, -0.2) is 0 Å². The molecule has 5 heteroatoms. The van der Waals surface area contributed by atoms with Crippen LogP contribution in [0.15, 0.2) is 18.2 Å². The second kappa shape index (κ2) is 6.99. The minimum absolute atomic E-state index is 0.0240. The van der Waals surface area contributed by atoms with Gasteiger partial charge in [-0.15, -0.1) is 0 Å². The first-order valence-electron chi connectivity index (χ1n) is 7.32. The van der Waals surface area contributed by atoms with Crippen LogP contribution in [0.2, 0.25) is 10.0 Å². The minimum Gasteiger partial charge on any atom is -0.346 e. The summed E-state index contributed by atoms with van der Waals surface area (Å²) >= 11 is 12.2. The Kier molecular flexibility index (Phi) is 5.53. The maximum atomic E-state index is 11.4. The third-order valence-corrected chi connectivity index (χ3v) is 5.21. The van der Waals surface area contributed by atoms with Gasteiger partial charge in [0, 0.05) is 32.5 Å². The van der Waals surface area contributed by atoms with Crippen LogP contribution in [-0.4, -0.2) is 37.5 Å². The lowest BCUT2D eigenvalue weighted by molar-refractivity contribution is -0.127. The van der Waals surface area contributed by atoms with E-state index in [0.29, 0.717) is 10.0 Å². The lowest BCUT2D eigenvalue weighted by atomic mass is 9.72. The quantitative estimate of drug-likeness (QED) is 0.917. The highest BCUT2D eigenvalue weighted by molar-refractivity contribution is 6.42. The molecule has 1 aromatic rings. The van der Waals surface area contributed by atoms with E-state index >= 15 is 0 Å². The fraction of sp³-hybridized carbons (Fsp3) is 0.562. The zero-order chi connectivity index (χ0) is 15.5. The molecule has 2 rings (SSSR count). The number of nitrogens with zero attached hydrogens (tertiary/aromatic N) is 1. The second-order valence-corrected chi connectivity index (χ2v) is 6.69. The predicted molar refractivity (Wildman–Crippen MR) is 88.2 cm³/mol. The van der Waals surface area contributed by atoms with Crippen LogP contribution >= 0.6 is 23.2 Å². The molecule has 0 aromatic heterocycles. The molecule has 1 fully saturated rings. The Morgan fingerprint density at radius 3 is 2.71 bits per heavy atom. The number of hydrogen-bond acceptors (Lipinski definition) is 2. The van der Waals surface area contributed by atoms with Crippen molar-refractivity contribution in [1.82, 2.24) is 10.2 Å². The summed E-state index contributed by atoms with van der Waals surface area (Å²) < 4.78 is 0. The molecule has 1 aromatic carbocycles. The molecule has 0 radical (unpaired) electrons. The van der Waals surface area contributed by atoms with Crippen molar-refractivity contribution in [3.05, 3.63) is 33.8 Å². The van der Waals surface area contributed by atoms with E-state index in [2.05, 4.69) is 11.4 Å². The van der Waals surface area contributed by atoms with E-state index in [1.54, 1.807) is 11.8 Å². The molecule has 1 saturated heterocycles. The normalized spacial score (nSPS) is 22.1. The van der Waals surface area contributed by atoms with Crippen LogP contribution in [0, 0.1) is 0 Å². The van der Waals surface area contributed by atoms with Crippen molar-refractivity contribution >= 4 is 29.1 Å². The SMILES string of the molecule is CC(=O)N(C)CC[C@]1(c2ccc(Cl)c(Cl)c2)CCCNC1.